The monoisotopic (exact) mass is 506 g/mol. The maximum absolute atomic E-state index is 14.0. The minimum Gasteiger partial charge on any atom is -0.465 e. The van der Waals surface area contributed by atoms with Crippen LogP contribution in [0.3, 0.4) is 0 Å². The molecule has 192 valence electrons. The number of Topliss-reactive ketones (excluding diaryl/α,β-unsaturated/α-hetero) is 1. The lowest BCUT2D eigenvalue weighted by atomic mass is 9.78. The van der Waals surface area contributed by atoms with Crippen molar-refractivity contribution in [1.82, 2.24) is 0 Å². The van der Waals surface area contributed by atoms with Gasteiger partial charge in [-0.25, -0.2) is 4.79 Å². The first kappa shape index (κ1) is 24.2. The van der Waals surface area contributed by atoms with Gasteiger partial charge < -0.3 is 10.1 Å². The Bertz CT molecular complexity index is 1450. The van der Waals surface area contributed by atoms with Crippen LogP contribution in [-0.2, 0) is 14.3 Å². The highest BCUT2D eigenvalue weighted by Gasteiger charge is 2.45. The molecule has 1 heterocycles. The molecule has 3 aromatic rings. The maximum Gasteiger partial charge on any atom is 0.337 e. The highest BCUT2D eigenvalue weighted by atomic mass is 16.5. The first-order valence-electron chi connectivity index (χ1n) is 13.1. The molecule has 6 rings (SSSR count). The number of esters is 1. The number of hydrogen-bond acceptors (Lipinski definition) is 5. The molecule has 0 bridgehead atoms. The van der Waals surface area contributed by atoms with Crippen molar-refractivity contribution >= 4 is 29.0 Å². The van der Waals surface area contributed by atoms with E-state index in [1.807, 2.05) is 41.3 Å². The molecule has 2 atom stereocenters. The zero-order valence-electron chi connectivity index (χ0n) is 21.6. The largest absolute Gasteiger partial charge is 0.465 e. The number of carbonyl (C=O) groups is 3. The summed E-state index contributed by atoms with van der Waals surface area (Å²) >= 11 is 0. The van der Waals surface area contributed by atoms with Gasteiger partial charge in [0.15, 0.2) is 5.78 Å². The average molecular weight is 507 g/mol. The lowest BCUT2D eigenvalue weighted by Gasteiger charge is -2.35. The third-order valence-electron chi connectivity index (χ3n) is 7.85. The maximum atomic E-state index is 14.0. The quantitative estimate of drug-likeness (QED) is 0.433. The van der Waals surface area contributed by atoms with Crippen molar-refractivity contribution in [2.24, 2.45) is 5.92 Å². The average Bonchev–Trinajstić information content (AvgIpc) is 3.79. The van der Waals surface area contributed by atoms with Crippen molar-refractivity contribution in [3.05, 3.63) is 106 Å². The summed E-state index contributed by atoms with van der Waals surface area (Å²) in [6.45, 7) is 2.06. The Morgan fingerprint density at radius 1 is 0.895 bits per heavy atom. The zero-order valence-corrected chi connectivity index (χ0v) is 21.6. The molecule has 6 heteroatoms. The Balaban J connectivity index is 1.51. The van der Waals surface area contributed by atoms with Gasteiger partial charge in [-0.15, -0.1) is 0 Å². The van der Waals surface area contributed by atoms with Gasteiger partial charge in [0.2, 0.25) is 5.91 Å². The number of methoxy groups -OCH3 is 1. The van der Waals surface area contributed by atoms with Crippen LogP contribution in [0.25, 0.3) is 0 Å². The van der Waals surface area contributed by atoms with Crippen molar-refractivity contribution in [1.29, 1.82) is 0 Å². The molecular formula is C32H30N2O4. The Labute approximate surface area is 222 Å². The lowest BCUT2D eigenvalue weighted by Crippen LogP contribution is -2.39. The number of allylic oxidation sites excluding steroid dienone is 1. The van der Waals surface area contributed by atoms with E-state index in [4.69, 9.17) is 4.74 Å². The molecule has 0 aromatic heterocycles. The Hall–Kier alpha value is -4.19. The first-order valence-corrected chi connectivity index (χ1v) is 13.1. The molecule has 3 aliphatic rings. The normalized spacial score (nSPS) is 20.7. The standard InChI is InChI=1S/C32H30N2O4/c1-19-7-9-20(10-8-19)24-17-26-29(28(35)18-24)30(21-11-15-23(16-12-21)32(37)38-2)34(31(36)22-13-14-22)27-6-4-3-5-25(27)33-26/h3-12,15-16,22,24,30,33H,13-14,17-18H2,1-2H3/t24-,30+/m1/s1. The summed E-state index contributed by atoms with van der Waals surface area (Å²) in [4.78, 5) is 41.8. The Morgan fingerprint density at radius 3 is 2.26 bits per heavy atom. The molecule has 0 unspecified atom stereocenters. The summed E-state index contributed by atoms with van der Waals surface area (Å²) in [6.07, 6.45) is 2.76. The molecule has 1 N–H and O–H groups in total. The van der Waals surface area contributed by atoms with Gasteiger partial charge in [-0.1, -0.05) is 54.1 Å². The predicted molar refractivity (Wildman–Crippen MR) is 146 cm³/mol. The second-order valence-electron chi connectivity index (χ2n) is 10.5. The van der Waals surface area contributed by atoms with Crippen LogP contribution in [0, 0.1) is 12.8 Å². The summed E-state index contributed by atoms with van der Waals surface area (Å²) in [7, 11) is 1.35. The van der Waals surface area contributed by atoms with E-state index >= 15 is 0 Å². The predicted octanol–water partition coefficient (Wildman–Crippen LogP) is 6.09. The van der Waals surface area contributed by atoms with Crippen LogP contribution in [0.4, 0.5) is 11.4 Å². The zero-order chi connectivity index (χ0) is 26.4. The van der Waals surface area contributed by atoms with Crippen molar-refractivity contribution in [2.45, 2.75) is 44.6 Å². The van der Waals surface area contributed by atoms with E-state index in [1.54, 1.807) is 12.1 Å². The van der Waals surface area contributed by atoms with E-state index in [0.717, 1.165) is 41.0 Å². The number of fused-ring (bicyclic) bond motifs is 1. The number of nitrogens with zero attached hydrogens (tertiary/aromatic N) is 1. The molecule has 0 radical (unpaired) electrons. The summed E-state index contributed by atoms with van der Waals surface area (Å²) in [5.41, 5.74) is 6.60. The van der Waals surface area contributed by atoms with Crippen molar-refractivity contribution < 1.29 is 19.1 Å². The van der Waals surface area contributed by atoms with Crippen LogP contribution in [0.1, 0.15) is 64.7 Å². The van der Waals surface area contributed by atoms with Gasteiger partial charge in [0, 0.05) is 23.6 Å². The van der Waals surface area contributed by atoms with Crippen LogP contribution in [-0.4, -0.2) is 24.8 Å². The summed E-state index contributed by atoms with van der Waals surface area (Å²) in [6, 6.07) is 22.6. The number of amides is 1. The number of ether oxygens (including phenoxy) is 1. The molecule has 1 amide bonds. The van der Waals surface area contributed by atoms with Crippen LogP contribution < -0.4 is 10.2 Å². The van der Waals surface area contributed by atoms with E-state index in [9.17, 15) is 14.4 Å². The second kappa shape index (κ2) is 9.60. The molecule has 3 aromatic carbocycles. The molecule has 1 fully saturated rings. The number of para-hydroxylation sites is 2. The molecule has 6 nitrogen and oxygen atoms in total. The Kier molecular flexibility index (Phi) is 6.10. The number of carbonyl (C=O) groups excluding carboxylic acids is 3. The fourth-order valence-corrected chi connectivity index (χ4v) is 5.67. The van der Waals surface area contributed by atoms with Crippen LogP contribution in [0.2, 0.25) is 0 Å². The molecular weight excluding hydrogens is 476 g/mol. The summed E-state index contributed by atoms with van der Waals surface area (Å²) in [5.74, 6) is -0.350. The van der Waals surface area contributed by atoms with Crippen molar-refractivity contribution in [3.63, 3.8) is 0 Å². The highest BCUT2D eigenvalue weighted by Crippen LogP contribution is 2.49. The number of hydrogen-bond donors (Lipinski definition) is 1. The van der Waals surface area contributed by atoms with Crippen molar-refractivity contribution in [2.75, 3.05) is 17.3 Å². The van der Waals surface area contributed by atoms with E-state index in [0.29, 0.717) is 24.0 Å². The van der Waals surface area contributed by atoms with Gasteiger partial charge in [-0.2, -0.15) is 0 Å². The molecule has 2 aliphatic carbocycles. The van der Waals surface area contributed by atoms with Gasteiger partial charge in [0.1, 0.15) is 0 Å². The van der Waals surface area contributed by atoms with Crippen LogP contribution in [0.5, 0.6) is 0 Å². The molecule has 0 spiro atoms. The van der Waals surface area contributed by atoms with E-state index in [-0.39, 0.29) is 23.5 Å². The summed E-state index contributed by atoms with van der Waals surface area (Å²) < 4.78 is 4.87. The topological polar surface area (TPSA) is 75.7 Å². The van der Waals surface area contributed by atoms with Gasteiger partial charge >= 0.3 is 5.97 Å². The fraction of sp³-hybridized carbons (Fsp3) is 0.281. The fourth-order valence-electron chi connectivity index (χ4n) is 5.67. The van der Waals surface area contributed by atoms with Crippen molar-refractivity contribution in [3.8, 4) is 0 Å². The number of ketones is 1. The number of nitrogens with one attached hydrogen (secondary N) is 1. The van der Waals surface area contributed by atoms with Gasteiger partial charge in [0.25, 0.3) is 0 Å². The van der Waals surface area contributed by atoms with Gasteiger partial charge in [-0.05, 0) is 67.5 Å². The number of benzene rings is 3. The van der Waals surface area contributed by atoms with Crippen LogP contribution in [0.15, 0.2) is 84.1 Å². The molecule has 1 aliphatic heterocycles. The van der Waals surface area contributed by atoms with E-state index in [2.05, 4.69) is 36.5 Å². The SMILES string of the molecule is COC(=O)c1ccc([C@H]2C3=C(C[C@@H](c4ccc(C)cc4)CC3=O)Nc3ccccc3N2C(=O)C2CC2)cc1. The second-order valence-corrected chi connectivity index (χ2v) is 10.5. The third kappa shape index (κ3) is 4.30. The minimum absolute atomic E-state index is 0.0310. The van der Waals surface area contributed by atoms with Gasteiger partial charge in [0.05, 0.1) is 30.1 Å². The molecule has 0 saturated heterocycles. The van der Waals surface area contributed by atoms with Gasteiger partial charge in [-0.3, -0.25) is 14.5 Å². The molecule has 38 heavy (non-hydrogen) atoms. The third-order valence-corrected chi connectivity index (χ3v) is 7.85. The number of rotatable bonds is 4. The minimum atomic E-state index is -0.590. The first-order chi connectivity index (χ1) is 18.4. The number of anilines is 2. The number of aryl methyl sites for hydroxylation is 1. The summed E-state index contributed by atoms with van der Waals surface area (Å²) in [5, 5.41) is 3.58. The lowest BCUT2D eigenvalue weighted by molar-refractivity contribution is -0.120. The molecule has 1 saturated carbocycles. The van der Waals surface area contributed by atoms with E-state index in [1.165, 1.54) is 12.7 Å². The van der Waals surface area contributed by atoms with Crippen LogP contribution >= 0.6 is 0 Å². The smallest absolute Gasteiger partial charge is 0.337 e. The highest BCUT2D eigenvalue weighted by molar-refractivity contribution is 6.07. The Morgan fingerprint density at radius 2 is 1.58 bits per heavy atom. The van der Waals surface area contributed by atoms with E-state index < -0.39 is 12.0 Å².